The Labute approximate surface area is 134 Å². The number of hydrogen-bond acceptors (Lipinski definition) is 3. The molecule has 1 saturated carbocycles. The molecule has 1 aliphatic rings. The normalized spacial score (nSPS) is 16.2. The first-order valence-corrected chi connectivity index (χ1v) is 7.76. The van der Waals surface area contributed by atoms with Crippen LogP contribution in [0.2, 0.25) is 0 Å². The number of nitrogens with one attached hydrogen (secondary N) is 1. The maximum Gasteiger partial charge on any atom is 0.338 e. The summed E-state index contributed by atoms with van der Waals surface area (Å²) in [7, 11) is 0. The third-order valence-corrected chi connectivity index (χ3v) is 4.60. The van der Waals surface area contributed by atoms with Crippen LogP contribution in [0.3, 0.4) is 0 Å². The second-order valence-electron chi connectivity index (χ2n) is 6.04. The lowest BCUT2D eigenvalue weighted by molar-refractivity contribution is 0.0696. The predicted molar refractivity (Wildman–Crippen MR) is 84.6 cm³/mol. The van der Waals surface area contributed by atoms with Crippen LogP contribution in [0.1, 0.15) is 52.2 Å². The average Bonchev–Trinajstić information content (AvgIpc) is 3.24. The molecule has 1 aromatic carbocycles. The third-order valence-electron chi connectivity index (χ3n) is 4.60. The zero-order valence-corrected chi connectivity index (χ0v) is 12.7. The van der Waals surface area contributed by atoms with Crippen molar-refractivity contribution in [3.8, 4) is 0 Å². The van der Waals surface area contributed by atoms with Gasteiger partial charge in [0.05, 0.1) is 5.56 Å². The lowest BCUT2D eigenvalue weighted by atomic mass is 9.79. The fraction of sp³-hybridized carbons (Fsp3) is 0.333. The molecular weight excluding hydrogens is 294 g/mol. The smallest absolute Gasteiger partial charge is 0.338 e. The summed E-state index contributed by atoms with van der Waals surface area (Å²) in [6, 6.07) is 11.5. The van der Waals surface area contributed by atoms with Crippen LogP contribution in [0.4, 0.5) is 0 Å². The fourth-order valence-electron chi connectivity index (χ4n) is 3.32. The number of benzene rings is 1. The summed E-state index contributed by atoms with van der Waals surface area (Å²) >= 11 is 0. The first-order chi connectivity index (χ1) is 11.1. The van der Waals surface area contributed by atoms with E-state index in [4.69, 9.17) is 9.52 Å². The molecule has 0 spiro atoms. The van der Waals surface area contributed by atoms with Gasteiger partial charge < -0.3 is 14.8 Å². The molecule has 5 heteroatoms. The van der Waals surface area contributed by atoms with E-state index in [1.165, 1.54) is 11.6 Å². The SMILES string of the molecule is O=C(O)c1coc(C(=O)NCC2(c3ccccc3)CCCC2)c1. The molecule has 1 amide bonds. The molecule has 3 rings (SSSR count). The van der Waals surface area contributed by atoms with E-state index in [1.54, 1.807) is 0 Å². The summed E-state index contributed by atoms with van der Waals surface area (Å²) in [5, 5.41) is 11.8. The topological polar surface area (TPSA) is 79.5 Å². The van der Waals surface area contributed by atoms with Crippen molar-refractivity contribution in [2.45, 2.75) is 31.1 Å². The van der Waals surface area contributed by atoms with Crippen LogP contribution < -0.4 is 5.32 Å². The van der Waals surface area contributed by atoms with Gasteiger partial charge in [-0.2, -0.15) is 0 Å². The molecule has 1 aromatic heterocycles. The van der Waals surface area contributed by atoms with E-state index in [-0.39, 0.29) is 22.6 Å². The van der Waals surface area contributed by atoms with Crippen LogP contribution in [0, 0.1) is 0 Å². The molecule has 2 N–H and O–H groups in total. The van der Waals surface area contributed by atoms with Crippen LogP contribution in [-0.4, -0.2) is 23.5 Å². The molecule has 5 nitrogen and oxygen atoms in total. The van der Waals surface area contributed by atoms with E-state index >= 15 is 0 Å². The second-order valence-corrected chi connectivity index (χ2v) is 6.04. The highest BCUT2D eigenvalue weighted by Gasteiger charge is 2.36. The van der Waals surface area contributed by atoms with Crippen molar-refractivity contribution < 1.29 is 19.1 Å². The zero-order valence-electron chi connectivity index (χ0n) is 12.7. The Kier molecular flexibility index (Phi) is 4.19. The first kappa shape index (κ1) is 15.3. The predicted octanol–water partition coefficient (Wildman–Crippen LogP) is 3.22. The molecule has 0 saturated heterocycles. The van der Waals surface area contributed by atoms with Gasteiger partial charge in [-0.25, -0.2) is 4.79 Å². The summed E-state index contributed by atoms with van der Waals surface area (Å²) in [6.07, 6.45) is 5.45. The number of hydrogen-bond donors (Lipinski definition) is 2. The van der Waals surface area contributed by atoms with E-state index in [1.807, 2.05) is 18.2 Å². The van der Waals surface area contributed by atoms with Gasteiger partial charge in [0.25, 0.3) is 5.91 Å². The highest BCUT2D eigenvalue weighted by molar-refractivity contribution is 5.95. The van der Waals surface area contributed by atoms with E-state index in [0.717, 1.165) is 31.9 Å². The van der Waals surface area contributed by atoms with Gasteiger partial charge in [-0.1, -0.05) is 43.2 Å². The van der Waals surface area contributed by atoms with Crippen molar-refractivity contribution in [3.05, 3.63) is 59.5 Å². The number of carboxylic acid groups (broad SMARTS) is 1. The number of amides is 1. The molecule has 1 heterocycles. The van der Waals surface area contributed by atoms with Crippen LogP contribution in [0.25, 0.3) is 0 Å². The summed E-state index contributed by atoms with van der Waals surface area (Å²) in [5.41, 5.74) is 1.18. The second kappa shape index (κ2) is 6.28. The van der Waals surface area contributed by atoms with E-state index < -0.39 is 5.97 Å². The van der Waals surface area contributed by atoms with E-state index in [9.17, 15) is 9.59 Å². The quantitative estimate of drug-likeness (QED) is 0.888. The van der Waals surface area contributed by atoms with Crippen LogP contribution >= 0.6 is 0 Å². The molecule has 120 valence electrons. The van der Waals surface area contributed by atoms with Crippen LogP contribution in [-0.2, 0) is 5.41 Å². The van der Waals surface area contributed by atoms with Crippen molar-refractivity contribution in [1.82, 2.24) is 5.32 Å². The number of furan rings is 1. The summed E-state index contributed by atoms with van der Waals surface area (Å²) in [5.74, 6) is -1.45. The lowest BCUT2D eigenvalue weighted by Gasteiger charge is -2.29. The van der Waals surface area contributed by atoms with Gasteiger partial charge in [-0.15, -0.1) is 0 Å². The Bertz CT molecular complexity index is 699. The maximum absolute atomic E-state index is 12.2. The van der Waals surface area contributed by atoms with E-state index in [2.05, 4.69) is 17.4 Å². The largest absolute Gasteiger partial charge is 0.478 e. The molecule has 0 atom stereocenters. The molecule has 0 unspecified atom stereocenters. The molecule has 1 aliphatic carbocycles. The Morgan fingerprint density at radius 1 is 1.17 bits per heavy atom. The molecule has 0 radical (unpaired) electrons. The molecule has 0 bridgehead atoms. The van der Waals surface area contributed by atoms with Gasteiger partial charge >= 0.3 is 5.97 Å². The van der Waals surface area contributed by atoms with Crippen LogP contribution in [0.15, 0.2) is 47.1 Å². The van der Waals surface area contributed by atoms with Gasteiger partial charge in [-0.05, 0) is 18.4 Å². The van der Waals surface area contributed by atoms with Gasteiger partial charge in [0.2, 0.25) is 0 Å². The number of aromatic carboxylic acids is 1. The van der Waals surface area contributed by atoms with E-state index in [0.29, 0.717) is 6.54 Å². The molecular formula is C18H19NO4. The lowest BCUT2D eigenvalue weighted by Crippen LogP contribution is -2.38. The van der Waals surface area contributed by atoms with Gasteiger partial charge in [0, 0.05) is 18.0 Å². The minimum absolute atomic E-state index is 0.0196. The first-order valence-electron chi connectivity index (χ1n) is 7.76. The average molecular weight is 313 g/mol. The Morgan fingerprint density at radius 3 is 2.48 bits per heavy atom. The van der Waals surface area contributed by atoms with Gasteiger partial charge in [0.15, 0.2) is 5.76 Å². The molecule has 1 fully saturated rings. The number of carboxylic acids is 1. The maximum atomic E-state index is 12.2. The standard InChI is InChI=1S/C18H19NO4/c20-16(15-10-13(11-23-15)17(21)22)19-12-18(8-4-5-9-18)14-6-2-1-3-7-14/h1-3,6-7,10-11H,4-5,8-9,12H2,(H,19,20)(H,21,22). The summed E-state index contributed by atoms with van der Waals surface area (Å²) in [4.78, 5) is 23.1. The number of carbonyl (C=O) groups is 2. The van der Waals surface area contributed by atoms with Crippen molar-refractivity contribution in [2.24, 2.45) is 0 Å². The highest BCUT2D eigenvalue weighted by Crippen LogP contribution is 2.40. The van der Waals surface area contributed by atoms with Gasteiger partial charge in [-0.3, -0.25) is 4.79 Å². The minimum atomic E-state index is -1.11. The number of rotatable bonds is 5. The van der Waals surface area contributed by atoms with Gasteiger partial charge in [0.1, 0.15) is 6.26 Å². The van der Waals surface area contributed by atoms with Crippen LogP contribution in [0.5, 0.6) is 0 Å². The van der Waals surface area contributed by atoms with Crippen molar-refractivity contribution in [3.63, 3.8) is 0 Å². The molecule has 0 aliphatic heterocycles. The molecule has 2 aromatic rings. The Balaban J connectivity index is 1.72. The summed E-state index contributed by atoms with van der Waals surface area (Å²) < 4.78 is 5.05. The Hall–Kier alpha value is -2.56. The minimum Gasteiger partial charge on any atom is -0.478 e. The Morgan fingerprint density at radius 2 is 1.87 bits per heavy atom. The fourth-order valence-corrected chi connectivity index (χ4v) is 3.32. The summed E-state index contributed by atoms with van der Waals surface area (Å²) in [6.45, 7) is 0.527. The third kappa shape index (κ3) is 3.13. The number of carbonyl (C=O) groups excluding carboxylic acids is 1. The van der Waals surface area contributed by atoms with Crippen molar-refractivity contribution >= 4 is 11.9 Å². The van der Waals surface area contributed by atoms with Crippen molar-refractivity contribution in [2.75, 3.05) is 6.54 Å². The highest BCUT2D eigenvalue weighted by atomic mass is 16.4. The monoisotopic (exact) mass is 313 g/mol. The molecule has 23 heavy (non-hydrogen) atoms. The van der Waals surface area contributed by atoms with Crippen molar-refractivity contribution in [1.29, 1.82) is 0 Å². The zero-order chi connectivity index (χ0) is 16.3.